The van der Waals surface area contributed by atoms with E-state index in [1.165, 1.54) is 11.8 Å². The molecule has 2 N–H and O–H groups in total. The Morgan fingerprint density at radius 2 is 2.14 bits per heavy atom. The Hall–Kier alpha value is -2.97. The van der Waals surface area contributed by atoms with Gasteiger partial charge in [-0.15, -0.1) is 0 Å². The van der Waals surface area contributed by atoms with Crippen LogP contribution >= 0.6 is 0 Å². The summed E-state index contributed by atoms with van der Waals surface area (Å²) in [6, 6.07) is 11.0. The Morgan fingerprint density at radius 1 is 1.32 bits per heavy atom. The maximum absolute atomic E-state index is 12.9. The van der Waals surface area contributed by atoms with Gasteiger partial charge in [-0.3, -0.25) is 14.5 Å². The van der Waals surface area contributed by atoms with Gasteiger partial charge in [0.2, 0.25) is 0 Å². The van der Waals surface area contributed by atoms with E-state index in [0.29, 0.717) is 29.0 Å². The molecular formula is C20H24N4O4. The summed E-state index contributed by atoms with van der Waals surface area (Å²) in [5.41, 5.74) is 0.976. The maximum atomic E-state index is 12.9. The van der Waals surface area contributed by atoms with E-state index in [-0.39, 0.29) is 19.1 Å². The van der Waals surface area contributed by atoms with E-state index in [1.807, 2.05) is 24.3 Å². The monoisotopic (exact) mass is 384 g/mol. The Balaban J connectivity index is 1.85. The second-order valence-electron chi connectivity index (χ2n) is 6.87. The van der Waals surface area contributed by atoms with E-state index in [1.54, 1.807) is 32.3 Å². The molecule has 2 heterocycles. The number of nitrogens with zero attached hydrogens (tertiary/aromatic N) is 3. The van der Waals surface area contributed by atoms with E-state index in [4.69, 9.17) is 9.47 Å². The van der Waals surface area contributed by atoms with Crippen LogP contribution in [0.3, 0.4) is 0 Å². The Bertz CT molecular complexity index is 957. The Morgan fingerprint density at radius 3 is 2.82 bits per heavy atom. The molecule has 8 heteroatoms. The second-order valence-corrected chi connectivity index (χ2v) is 6.87. The van der Waals surface area contributed by atoms with Crippen LogP contribution in [0.4, 0.5) is 0 Å². The van der Waals surface area contributed by atoms with Gasteiger partial charge in [-0.2, -0.15) is 5.10 Å². The third-order valence-corrected chi connectivity index (χ3v) is 4.36. The average molecular weight is 384 g/mol. The van der Waals surface area contributed by atoms with Crippen LogP contribution < -0.4 is 10.1 Å². The number of aromatic nitrogens is 3. The fraction of sp³-hybridized carbons (Fsp3) is 0.350. The van der Waals surface area contributed by atoms with Crippen molar-refractivity contribution in [3.63, 3.8) is 0 Å². The van der Waals surface area contributed by atoms with Gasteiger partial charge in [0.25, 0.3) is 5.91 Å². The van der Waals surface area contributed by atoms with Crippen LogP contribution in [0.25, 0.3) is 10.9 Å². The highest BCUT2D eigenvalue weighted by atomic mass is 16.5. The third kappa shape index (κ3) is 4.29. The highest BCUT2D eigenvalue weighted by Crippen LogP contribution is 2.24. The number of nitrogens with one attached hydrogen (secondary N) is 1. The lowest BCUT2D eigenvalue weighted by atomic mass is 10.0. The van der Waals surface area contributed by atoms with Crippen LogP contribution in [0.1, 0.15) is 23.1 Å². The normalized spacial score (nSPS) is 13.3. The summed E-state index contributed by atoms with van der Waals surface area (Å²) in [4.78, 5) is 17.1. The first-order chi connectivity index (χ1) is 13.5. The van der Waals surface area contributed by atoms with E-state index in [2.05, 4.69) is 15.4 Å². The Kier molecular flexibility index (Phi) is 5.91. The summed E-state index contributed by atoms with van der Waals surface area (Å²) in [7, 11) is 3.22. The highest BCUT2D eigenvalue weighted by Gasteiger charge is 2.28. The van der Waals surface area contributed by atoms with Crippen LogP contribution in [0, 0.1) is 0 Å². The summed E-state index contributed by atoms with van der Waals surface area (Å²) in [5, 5.41) is 17.5. The standard InChI is InChI=1S/C20H24N4O4/c1-20(12-25,13-27-3)22-19(26)18-16-10-15(7-8-17(16)23-24(18)2)28-11-14-6-4-5-9-21-14/h4-10,25H,11-13H2,1-3H3,(H,22,26). The van der Waals surface area contributed by atoms with Crippen molar-refractivity contribution in [1.29, 1.82) is 0 Å². The zero-order valence-electron chi connectivity index (χ0n) is 16.2. The van der Waals surface area contributed by atoms with Crippen LogP contribution in [0.2, 0.25) is 0 Å². The van der Waals surface area contributed by atoms with Gasteiger partial charge in [-0.25, -0.2) is 0 Å². The fourth-order valence-corrected chi connectivity index (χ4v) is 2.95. The van der Waals surface area contributed by atoms with Gasteiger partial charge in [0.1, 0.15) is 18.1 Å². The number of carbonyl (C=O) groups is 1. The van der Waals surface area contributed by atoms with Gasteiger partial charge in [0.05, 0.1) is 30.0 Å². The number of benzene rings is 1. The topological polar surface area (TPSA) is 98.5 Å². The number of pyridine rings is 1. The molecule has 3 aromatic rings. The largest absolute Gasteiger partial charge is 0.487 e. The molecule has 0 saturated carbocycles. The first-order valence-corrected chi connectivity index (χ1v) is 8.87. The highest BCUT2D eigenvalue weighted by molar-refractivity contribution is 6.05. The van der Waals surface area contributed by atoms with Crippen molar-refractivity contribution in [2.75, 3.05) is 20.3 Å². The minimum absolute atomic E-state index is 0.184. The molecule has 0 aliphatic rings. The molecule has 0 saturated heterocycles. The van der Waals surface area contributed by atoms with Crippen LogP contribution in [-0.4, -0.2) is 51.6 Å². The van der Waals surface area contributed by atoms with Gasteiger partial charge in [0, 0.05) is 25.7 Å². The minimum Gasteiger partial charge on any atom is -0.487 e. The van der Waals surface area contributed by atoms with E-state index in [9.17, 15) is 9.90 Å². The number of rotatable bonds is 8. The number of carbonyl (C=O) groups excluding carboxylic acids is 1. The zero-order valence-corrected chi connectivity index (χ0v) is 16.2. The summed E-state index contributed by atoms with van der Waals surface area (Å²) in [6.45, 7) is 1.98. The van der Waals surface area contributed by atoms with Crippen molar-refractivity contribution < 1.29 is 19.4 Å². The zero-order chi connectivity index (χ0) is 20.1. The van der Waals surface area contributed by atoms with Crippen molar-refractivity contribution in [2.24, 2.45) is 7.05 Å². The lowest BCUT2D eigenvalue weighted by molar-refractivity contribution is 0.0592. The number of aliphatic hydroxyl groups excluding tert-OH is 1. The molecule has 1 unspecified atom stereocenters. The number of fused-ring (bicyclic) bond motifs is 1. The van der Waals surface area contributed by atoms with Crippen molar-refractivity contribution in [3.05, 3.63) is 54.0 Å². The number of ether oxygens (including phenoxy) is 2. The predicted octanol–water partition coefficient (Wildman–Crippen LogP) is 1.67. The average Bonchev–Trinajstić information content (AvgIpc) is 3.02. The van der Waals surface area contributed by atoms with Crippen LogP contribution in [0.5, 0.6) is 5.75 Å². The Labute approximate surface area is 163 Å². The molecular weight excluding hydrogens is 360 g/mol. The summed E-state index contributed by atoms with van der Waals surface area (Å²) in [6.07, 6.45) is 1.71. The van der Waals surface area contributed by atoms with Gasteiger partial charge in [-0.1, -0.05) is 6.07 Å². The molecule has 8 nitrogen and oxygen atoms in total. The van der Waals surface area contributed by atoms with Crippen molar-refractivity contribution in [1.82, 2.24) is 20.1 Å². The molecule has 0 fully saturated rings. The molecule has 0 spiro atoms. The van der Waals surface area contributed by atoms with Gasteiger partial charge >= 0.3 is 0 Å². The summed E-state index contributed by atoms with van der Waals surface area (Å²) in [5.74, 6) is 0.266. The molecule has 28 heavy (non-hydrogen) atoms. The number of hydrogen-bond donors (Lipinski definition) is 2. The first kappa shape index (κ1) is 19.8. The molecule has 0 aliphatic carbocycles. The molecule has 0 aliphatic heterocycles. The van der Waals surface area contributed by atoms with Crippen molar-refractivity contribution >= 4 is 16.8 Å². The quantitative estimate of drug-likeness (QED) is 0.613. The lowest BCUT2D eigenvalue weighted by Gasteiger charge is -2.27. The first-order valence-electron chi connectivity index (χ1n) is 8.87. The lowest BCUT2D eigenvalue weighted by Crippen LogP contribution is -2.52. The van der Waals surface area contributed by atoms with Gasteiger partial charge in [0.15, 0.2) is 0 Å². The number of methoxy groups -OCH3 is 1. The second kappa shape index (κ2) is 8.37. The minimum atomic E-state index is -0.893. The van der Waals surface area contributed by atoms with Crippen LogP contribution in [-0.2, 0) is 18.4 Å². The molecule has 1 aromatic carbocycles. The number of amides is 1. The maximum Gasteiger partial charge on any atom is 0.270 e. The number of aliphatic hydroxyl groups is 1. The summed E-state index contributed by atoms with van der Waals surface area (Å²) < 4.78 is 12.4. The van der Waals surface area contributed by atoms with Crippen molar-refractivity contribution in [3.8, 4) is 5.75 Å². The van der Waals surface area contributed by atoms with Gasteiger partial charge < -0.3 is 19.9 Å². The molecule has 148 valence electrons. The third-order valence-electron chi connectivity index (χ3n) is 4.36. The molecule has 0 bridgehead atoms. The van der Waals surface area contributed by atoms with Crippen molar-refractivity contribution in [2.45, 2.75) is 19.1 Å². The molecule has 3 rings (SSSR count). The smallest absolute Gasteiger partial charge is 0.270 e. The number of hydrogen-bond acceptors (Lipinski definition) is 6. The predicted molar refractivity (Wildman–Crippen MR) is 104 cm³/mol. The van der Waals surface area contributed by atoms with E-state index >= 15 is 0 Å². The SMILES string of the molecule is COCC(C)(CO)NC(=O)c1c2cc(OCc3ccccn3)ccc2nn1C. The molecule has 1 amide bonds. The fourth-order valence-electron chi connectivity index (χ4n) is 2.95. The van der Waals surface area contributed by atoms with E-state index < -0.39 is 5.54 Å². The molecule has 1 atom stereocenters. The number of aryl methyl sites for hydroxylation is 1. The molecule has 0 radical (unpaired) electrons. The molecule has 2 aromatic heterocycles. The van der Waals surface area contributed by atoms with Gasteiger partial charge in [-0.05, 0) is 37.3 Å². The summed E-state index contributed by atoms with van der Waals surface area (Å²) >= 11 is 0. The van der Waals surface area contributed by atoms with E-state index in [0.717, 1.165) is 5.69 Å². The van der Waals surface area contributed by atoms with Crippen LogP contribution in [0.15, 0.2) is 42.6 Å².